The number of guanidine groups is 1. The van der Waals surface area contributed by atoms with E-state index < -0.39 is 0 Å². The third kappa shape index (κ3) is 6.96. The van der Waals surface area contributed by atoms with Gasteiger partial charge in [-0.25, -0.2) is 0 Å². The summed E-state index contributed by atoms with van der Waals surface area (Å²) in [6.07, 6.45) is 2.33. The van der Waals surface area contributed by atoms with Gasteiger partial charge in [-0.2, -0.15) is 0 Å². The van der Waals surface area contributed by atoms with Gasteiger partial charge >= 0.3 is 0 Å². The molecular formula is C21H36N4O. The van der Waals surface area contributed by atoms with Gasteiger partial charge in [-0.1, -0.05) is 44.2 Å². The maximum atomic E-state index is 5.92. The van der Waals surface area contributed by atoms with Crippen LogP contribution >= 0.6 is 0 Å². The Kier molecular flexibility index (Phi) is 9.50. The maximum Gasteiger partial charge on any atom is 0.193 e. The minimum atomic E-state index is 0.591. The lowest BCUT2D eigenvalue weighted by atomic mass is 10.1. The van der Waals surface area contributed by atoms with Crippen LogP contribution in [0.4, 0.5) is 0 Å². The molecule has 1 heterocycles. The second kappa shape index (κ2) is 11.9. The number of nitrogens with zero attached hydrogens (tertiary/aromatic N) is 3. The summed E-state index contributed by atoms with van der Waals surface area (Å²) in [4.78, 5) is 9.29. The summed E-state index contributed by atoms with van der Waals surface area (Å²) in [7, 11) is 1.88. The van der Waals surface area contributed by atoms with Crippen LogP contribution in [0, 0.1) is 5.92 Å². The van der Waals surface area contributed by atoms with Crippen LogP contribution < -0.4 is 5.32 Å². The van der Waals surface area contributed by atoms with Crippen LogP contribution in [0.2, 0.25) is 0 Å². The van der Waals surface area contributed by atoms with E-state index in [1.165, 1.54) is 12.0 Å². The summed E-state index contributed by atoms with van der Waals surface area (Å²) in [5, 5.41) is 3.53. The number of ether oxygens (including phenoxy) is 1. The maximum absolute atomic E-state index is 5.92. The van der Waals surface area contributed by atoms with Crippen molar-refractivity contribution >= 4 is 5.96 Å². The molecule has 5 heteroatoms. The molecular weight excluding hydrogens is 324 g/mol. The predicted octanol–water partition coefficient (Wildman–Crippen LogP) is 2.83. The van der Waals surface area contributed by atoms with Crippen molar-refractivity contribution in [3.05, 3.63) is 35.9 Å². The first-order valence-corrected chi connectivity index (χ1v) is 10.1. The van der Waals surface area contributed by atoms with E-state index in [4.69, 9.17) is 4.74 Å². The zero-order valence-electron chi connectivity index (χ0n) is 16.8. The molecule has 5 nitrogen and oxygen atoms in total. The highest BCUT2D eigenvalue weighted by molar-refractivity contribution is 5.80. The van der Waals surface area contributed by atoms with E-state index >= 15 is 0 Å². The zero-order chi connectivity index (χ0) is 18.6. The van der Waals surface area contributed by atoms with Crippen molar-refractivity contribution in [1.82, 2.24) is 15.1 Å². The fraction of sp³-hybridized carbons (Fsp3) is 0.667. The number of likely N-dealkylation sites (tertiary alicyclic amines) is 1. The molecule has 1 N–H and O–H groups in total. The Labute approximate surface area is 159 Å². The first kappa shape index (κ1) is 20.7. The lowest BCUT2D eigenvalue weighted by Gasteiger charge is -2.23. The number of hydrogen-bond acceptors (Lipinski definition) is 3. The van der Waals surface area contributed by atoms with Crippen molar-refractivity contribution in [1.29, 1.82) is 0 Å². The van der Waals surface area contributed by atoms with E-state index in [0.29, 0.717) is 12.5 Å². The lowest BCUT2D eigenvalue weighted by Crippen LogP contribution is -2.41. The molecule has 0 radical (unpaired) electrons. The van der Waals surface area contributed by atoms with E-state index in [9.17, 15) is 0 Å². The van der Waals surface area contributed by atoms with Crippen molar-refractivity contribution in [2.45, 2.75) is 33.3 Å². The highest BCUT2D eigenvalue weighted by atomic mass is 16.5. The quantitative estimate of drug-likeness (QED) is 0.396. The average molecular weight is 361 g/mol. The van der Waals surface area contributed by atoms with E-state index in [2.05, 4.69) is 58.2 Å². The minimum Gasteiger partial charge on any atom is -0.376 e. The van der Waals surface area contributed by atoms with Crippen molar-refractivity contribution in [2.24, 2.45) is 10.9 Å². The van der Waals surface area contributed by atoms with Gasteiger partial charge in [0, 0.05) is 32.6 Å². The molecule has 0 aliphatic carbocycles. The van der Waals surface area contributed by atoms with Crippen LogP contribution in [0.15, 0.2) is 35.3 Å². The molecule has 0 aromatic heterocycles. The standard InChI is InChI=1S/C21H36N4O/c1-4-24(5-2)14-9-13-23-21(22-3)25-15-12-20(16-25)18-26-17-19-10-7-6-8-11-19/h6-8,10-11,20H,4-5,9,12-18H2,1-3H3,(H,22,23). The van der Waals surface area contributed by atoms with E-state index in [0.717, 1.165) is 58.3 Å². The molecule has 2 rings (SSSR count). The number of aliphatic imine (C=N–C) groups is 1. The SMILES string of the molecule is CCN(CC)CCCNC(=NC)N1CCC(COCc2ccccc2)C1. The molecule has 1 atom stereocenters. The molecule has 1 aromatic rings. The molecule has 0 bridgehead atoms. The van der Waals surface area contributed by atoms with Crippen LogP contribution in [0.1, 0.15) is 32.3 Å². The molecule has 0 amide bonds. The molecule has 26 heavy (non-hydrogen) atoms. The van der Waals surface area contributed by atoms with Crippen LogP contribution in [0.3, 0.4) is 0 Å². The zero-order valence-corrected chi connectivity index (χ0v) is 16.8. The Hall–Kier alpha value is -1.59. The Morgan fingerprint density at radius 3 is 2.73 bits per heavy atom. The topological polar surface area (TPSA) is 40.1 Å². The number of hydrogen-bond donors (Lipinski definition) is 1. The molecule has 0 saturated carbocycles. The average Bonchev–Trinajstić information content (AvgIpc) is 3.14. The van der Waals surface area contributed by atoms with Gasteiger partial charge in [0.25, 0.3) is 0 Å². The Balaban J connectivity index is 1.64. The molecule has 1 aliphatic heterocycles. The van der Waals surface area contributed by atoms with Crippen LogP contribution in [-0.4, -0.2) is 68.7 Å². The molecule has 1 unspecified atom stereocenters. The number of benzene rings is 1. The number of rotatable bonds is 10. The van der Waals surface area contributed by atoms with Crippen molar-refractivity contribution < 1.29 is 4.74 Å². The van der Waals surface area contributed by atoms with Crippen molar-refractivity contribution in [2.75, 3.05) is 52.9 Å². The summed E-state index contributed by atoms with van der Waals surface area (Å²) in [5.41, 5.74) is 1.24. The fourth-order valence-electron chi connectivity index (χ4n) is 3.45. The third-order valence-corrected chi connectivity index (χ3v) is 5.09. The van der Waals surface area contributed by atoms with Gasteiger partial charge in [0.1, 0.15) is 0 Å². The fourth-order valence-corrected chi connectivity index (χ4v) is 3.45. The predicted molar refractivity (Wildman–Crippen MR) is 110 cm³/mol. The minimum absolute atomic E-state index is 0.591. The van der Waals surface area contributed by atoms with Crippen molar-refractivity contribution in [3.8, 4) is 0 Å². The second-order valence-electron chi connectivity index (χ2n) is 6.96. The number of nitrogens with one attached hydrogen (secondary N) is 1. The van der Waals surface area contributed by atoms with Gasteiger partial charge in [0.2, 0.25) is 0 Å². The summed E-state index contributed by atoms with van der Waals surface area (Å²) in [6, 6.07) is 10.4. The van der Waals surface area contributed by atoms with Gasteiger partial charge in [0.05, 0.1) is 13.2 Å². The summed E-state index contributed by atoms with van der Waals surface area (Å²) in [5.74, 6) is 1.63. The van der Waals surface area contributed by atoms with E-state index in [1.54, 1.807) is 0 Å². The van der Waals surface area contributed by atoms with Gasteiger partial charge < -0.3 is 19.9 Å². The van der Waals surface area contributed by atoms with Crippen LogP contribution in [0.25, 0.3) is 0 Å². The molecule has 1 aliphatic rings. The van der Waals surface area contributed by atoms with Gasteiger partial charge in [0.15, 0.2) is 5.96 Å². The molecule has 1 aromatic carbocycles. The second-order valence-corrected chi connectivity index (χ2v) is 6.96. The highest BCUT2D eigenvalue weighted by Gasteiger charge is 2.24. The van der Waals surface area contributed by atoms with Gasteiger partial charge in [-0.3, -0.25) is 4.99 Å². The van der Waals surface area contributed by atoms with Crippen LogP contribution in [0.5, 0.6) is 0 Å². The summed E-state index contributed by atoms with van der Waals surface area (Å²) >= 11 is 0. The molecule has 0 spiro atoms. The monoisotopic (exact) mass is 360 g/mol. The Morgan fingerprint density at radius 2 is 2.04 bits per heavy atom. The third-order valence-electron chi connectivity index (χ3n) is 5.09. The van der Waals surface area contributed by atoms with E-state index in [-0.39, 0.29) is 0 Å². The highest BCUT2D eigenvalue weighted by Crippen LogP contribution is 2.17. The smallest absolute Gasteiger partial charge is 0.193 e. The Bertz CT molecular complexity index is 516. The molecule has 1 fully saturated rings. The lowest BCUT2D eigenvalue weighted by molar-refractivity contribution is 0.0907. The Morgan fingerprint density at radius 1 is 1.27 bits per heavy atom. The van der Waals surface area contributed by atoms with Gasteiger partial charge in [-0.05, 0) is 38.0 Å². The van der Waals surface area contributed by atoms with Crippen LogP contribution in [-0.2, 0) is 11.3 Å². The van der Waals surface area contributed by atoms with Gasteiger partial charge in [-0.15, -0.1) is 0 Å². The molecule has 1 saturated heterocycles. The summed E-state index contributed by atoms with van der Waals surface area (Å²) < 4.78 is 5.92. The molecule has 146 valence electrons. The summed E-state index contributed by atoms with van der Waals surface area (Å²) in [6.45, 7) is 12.5. The normalized spacial score (nSPS) is 17.9. The first-order valence-electron chi connectivity index (χ1n) is 10.1. The largest absolute Gasteiger partial charge is 0.376 e. The van der Waals surface area contributed by atoms with E-state index in [1.807, 2.05) is 13.1 Å². The first-order chi connectivity index (χ1) is 12.8. The van der Waals surface area contributed by atoms with Crippen molar-refractivity contribution in [3.63, 3.8) is 0 Å².